The highest BCUT2D eigenvalue weighted by Crippen LogP contribution is 2.36. The molecule has 0 unspecified atom stereocenters. The molecular formula is C29H26Br2O5. The molecule has 0 radical (unpaired) electrons. The molecule has 0 aliphatic rings. The summed E-state index contributed by atoms with van der Waals surface area (Å²) in [4.78, 5) is 25.0. The maximum Gasteiger partial charge on any atom is 0.197 e. The number of aryl methyl sites for hydroxylation is 1. The van der Waals surface area contributed by atoms with E-state index in [1.807, 2.05) is 36.4 Å². The van der Waals surface area contributed by atoms with Gasteiger partial charge in [-0.25, -0.2) is 0 Å². The number of halogens is 2. The Balaban J connectivity index is 1.62. The minimum absolute atomic E-state index is 0.0327. The van der Waals surface area contributed by atoms with Gasteiger partial charge in [0, 0.05) is 36.3 Å². The second-order valence-electron chi connectivity index (χ2n) is 8.67. The van der Waals surface area contributed by atoms with E-state index >= 15 is 0 Å². The number of rotatable bonds is 11. The first-order chi connectivity index (χ1) is 17.3. The summed E-state index contributed by atoms with van der Waals surface area (Å²) < 4.78 is 13.0. The molecule has 0 saturated carbocycles. The van der Waals surface area contributed by atoms with Gasteiger partial charge in [-0.15, -0.1) is 0 Å². The third-order valence-corrected chi connectivity index (χ3v) is 7.13. The number of hydrogen-bond donors (Lipinski definition) is 1. The number of hydrogen-bond acceptors (Lipinski definition) is 5. The number of Topliss-reactive ketones (excluding diaryl/α,β-unsaturated/α-hetero) is 1. The van der Waals surface area contributed by atoms with E-state index in [9.17, 15) is 14.7 Å². The second-order valence-corrected chi connectivity index (χ2v) is 10.4. The Morgan fingerprint density at radius 2 is 1.67 bits per heavy atom. The first kappa shape index (κ1) is 26.2. The third-order valence-electron chi connectivity index (χ3n) is 5.93. The fourth-order valence-corrected chi connectivity index (χ4v) is 5.26. The normalized spacial score (nSPS) is 11.1. The summed E-state index contributed by atoms with van der Waals surface area (Å²) >= 11 is 6.62. The summed E-state index contributed by atoms with van der Waals surface area (Å²) in [6.45, 7) is 2.10. The van der Waals surface area contributed by atoms with Crippen LogP contribution in [0.25, 0.3) is 11.0 Å². The lowest BCUT2D eigenvalue weighted by Crippen LogP contribution is -2.05. The van der Waals surface area contributed by atoms with E-state index in [-0.39, 0.29) is 17.3 Å². The molecule has 5 nitrogen and oxygen atoms in total. The number of aromatic hydroxyl groups is 1. The van der Waals surface area contributed by atoms with Crippen LogP contribution in [0.4, 0.5) is 0 Å². The summed E-state index contributed by atoms with van der Waals surface area (Å²) in [5, 5.41) is 10.8. The highest BCUT2D eigenvalue weighted by molar-refractivity contribution is 9.11. The summed E-state index contributed by atoms with van der Waals surface area (Å²) in [5.41, 5.74) is 2.69. The van der Waals surface area contributed by atoms with Crippen LogP contribution in [-0.4, -0.2) is 23.3 Å². The van der Waals surface area contributed by atoms with Gasteiger partial charge in [0.25, 0.3) is 0 Å². The van der Waals surface area contributed by atoms with Gasteiger partial charge in [0.05, 0.1) is 21.1 Å². The van der Waals surface area contributed by atoms with Crippen molar-refractivity contribution >= 4 is 54.4 Å². The Hall–Kier alpha value is -2.90. The Kier molecular flexibility index (Phi) is 8.64. The summed E-state index contributed by atoms with van der Waals surface area (Å²) in [5.74, 6) is 1.23. The fourth-order valence-electron chi connectivity index (χ4n) is 4.07. The molecule has 7 heteroatoms. The van der Waals surface area contributed by atoms with Crippen LogP contribution in [0.5, 0.6) is 11.5 Å². The Bertz CT molecular complexity index is 1370. The molecule has 1 aromatic heterocycles. The first-order valence-electron chi connectivity index (χ1n) is 11.8. The summed E-state index contributed by atoms with van der Waals surface area (Å²) in [6.07, 6.45) is 3.27. The van der Waals surface area contributed by atoms with Gasteiger partial charge in [-0.3, -0.25) is 4.79 Å². The Morgan fingerprint density at radius 1 is 0.944 bits per heavy atom. The van der Waals surface area contributed by atoms with Gasteiger partial charge in [-0.1, -0.05) is 30.3 Å². The topological polar surface area (TPSA) is 76.7 Å². The third kappa shape index (κ3) is 6.26. The Morgan fingerprint density at radius 3 is 2.36 bits per heavy atom. The van der Waals surface area contributed by atoms with E-state index in [4.69, 9.17) is 9.15 Å². The van der Waals surface area contributed by atoms with Gasteiger partial charge in [-0.2, -0.15) is 0 Å². The lowest BCUT2D eigenvalue weighted by molar-refractivity contribution is -0.117. The minimum atomic E-state index is -0.200. The highest BCUT2D eigenvalue weighted by Gasteiger charge is 2.23. The smallest absolute Gasteiger partial charge is 0.197 e. The summed E-state index contributed by atoms with van der Waals surface area (Å²) in [6, 6.07) is 18.8. The van der Waals surface area contributed by atoms with Gasteiger partial charge in [0.15, 0.2) is 5.78 Å². The van der Waals surface area contributed by atoms with Crippen molar-refractivity contribution < 1.29 is 23.8 Å². The van der Waals surface area contributed by atoms with E-state index in [1.54, 1.807) is 19.1 Å². The zero-order chi connectivity index (χ0) is 25.7. The fraction of sp³-hybridized carbons (Fsp3) is 0.241. The van der Waals surface area contributed by atoms with Crippen molar-refractivity contribution in [1.82, 2.24) is 0 Å². The maximum atomic E-state index is 13.6. The average Bonchev–Trinajstić information content (AvgIpc) is 3.22. The number of carbonyl (C=O) groups is 2. The molecule has 0 bridgehead atoms. The van der Waals surface area contributed by atoms with Crippen LogP contribution < -0.4 is 4.74 Å². The van der Waals surface area contributed by atoms with Gasteiger partial charge in [0.2, 0.25) is 0 Å². The lowest BCUT2D eigenvalue weighted by Gasteiger charge is -2.07. The Labute approximate surface area is 226 Å². The number of unbranched alkanes of at least 4 members (excludes halogenated alkanes) is 1. The average molecular weight is 614 g/mol. The molecule has 186 valence electrons. The van der Waals surface area contributed by atoms with Crippen LogP contribution in [0.3, 0.4) is 0 Å². The maximum absolute atomic E-state index is 13.6. The molecule has 36 heavy (non-hydrogen) atoms. The molecule has 0 fully saturated rings. The predicted octanol–water partition coefficient (Wildman–Crippen LogP) is 7.82. The van der Waals surface area contributed by atoms with Crippen molar-refractivity contribution in [3.8, 4) is 11.5 Å². The molecule has 0 saturated heterocycles. The number of ether oxygens (including phenoxy) is 1. The molecule has 0 atom stereocenters. The van der Waals surface area contributed by atoms with E-state index in [2.05, 4.69) is 44.0 Å². The highest BCUT2D eigenvalue weighted by atomic mass is 79.9. The van der Waals surface area contributed by atoms with Crippen LogP contribution in [0.1, 0.15) is 53.4 Å². The van der Waals surface area contributed by atoms with Crippen molar-refractivity contribution in [1.29, 1.82) is 0 Å². The van der Waals surface area contributed by atoms with E-state index in [0.29, 0.717) is 62.0 Å². The molecular weight excluding hydrogens is 588 g/mol. The second kappa shape index (κ2) is 11.9. The van der Waals surface area contributed by atoms with Gasteiger partial charge in [0.1, 0.15) is 28.6 Å². The van der Waals surface area contributed by atoms with Crippen LogP contribution in [0.15, 0.2) is 74.0 Å². The quantitative estimate of drug-likeness (QED) is 0.138. The van der Waals surface area contributed by atoms with Gasteiger partial charge < -0.3 is 19.1 Å². The molecule has 3 aromatic carbocycles. The summed E-state index contributed by atoms with van der Waals surface area (Å²) in [7, 11) is 0. The number of phenolic OH excluding ortho intramolecular Hbond substituents is 1. The minimum Gasteiger partial charge on any atom is -0.506 e. The SMILES string of the molecule is CC(=O)CCCCc1oc2cc(OCCc3ccccc3)ccc2c1C(=O)c1cc(Br)c(O)c(Br)c1. The van der Waals surface area contributed by atoms with Crippen molar-refractivity contribution in [3.05, 3.63) is 92.1 Å². The zero-order valence-corrected chi connectivity index (χ0v) is 23.0. The molecule has 0 aliphatic carbocycles. The number of ketones is 2. The van der Waals surface area contributed by atoms with Crippen LogP contribution >= 0.6 is 31.9 Å². The zero-order valence-electron chi connectivity index (χ0n) is 19.9. The van der Waals surface area contributed by atoms with Crippen molar-refractivity contribution in [2.45, 2.75) is 39.0 Å². The van der Waals surface area contributed by atoms with Crippen molar-refractivity contribution in [2.75, 3.05) is 6.61 Å². The number of phenols is 1. The number of furan rings is 1. The van der Waals surface area contributed by atoms with Crippen molar-refractivity contribution in [2.24, 2.45) is 0 Å². The van der Waals surface area contributed by atoms with Crippen LogP contribution in [0.2, 0.25) is 0 Å². The molecule has 1 N–H and O–H groups in total. The van der Waals surface area contributed by atoms with Crippen LogP contribution in [0, 0.1) is 0 Å². The molecule has 4 aromatic rings. The molecule has 0 amide bonds. The van der Waals surface area contributed by atoms with E-state index in [0.717, 1.165) is 19.3 Å². The molecule has 1 heterocycles. The first-order valence-corrected chi connectivity index (χ1v) is 13.4. The van der Waals surface area contributed by atoms with Gasteiger partial charge >= 0.3 is 0 Å². The van der Waals surface area contributed by atoms with Gasteiger partial charge in [-0.05, 0) is 81.5 Å². The standard InChI is InChI=1S/C29H26Br2O5/c1-18(32)7-5-6-10-25-27(28(33)20-15-23(30)29(34)24(31)16-20)22-12-11-21(17-26(22)36-25)35-14-13-19-8-3-2-4-9-19/h2-4,8-9,11-12,15-17,34H,5-7,10,13-14H2,1H3. The number of fused-ring (bicyclic) bond motifs is 1. The van der Waals surface area contributed by atoms with E-state index in [1.165, 1.54) is 5.56 Å². The number of benzene rings is 3. The molecule has 0 aliphatic heterocycles. The number of carbonyl (C=O) groups excluding carboxylic acids is 2. The molecule has 4 rings (SSSR count). The van der Waals surface area contributed by atoms with Crippen LogP contribution in [-0.2, 0) is 17.6 Å². The predicted molar refractivity (Wildman–Crippen MR) is 147 cm³/mol. The lowest BCUT2D eigenvalue weighted by atomic mass is 9.98. The van der Waals surface area contributed by atoms with E-state index < -0.39 is 0 Å². The largest absolute Gasteiger partial charge is 0.506 e. The monoisotopic (exact) mass is 612 g/mol. The van der Waals surface area contributed by atoms with Crippen molar-refractivity contribution in [3.63, 3.8) is 0 Å². The molecule has 0 spiro atoms.